The van der Waals surface area contributed by atoms with Gasteiger partial charge in [0.25, 0.3) is 0 Å². The number of pyridine rings is 1. The lowest BCUT2D eigenvalue weighted by Crippen LogP contribution is -2.48. The maximum Gasteiger partial charge on any atom is 0.248 e. The average molecular weight is 439 g/mol. The summed E-state index contributed by atoms with van der Waals surface area (Å²) in [6.07, 6.45) is 1.34. The molecule has 1 N–H and O–H groups in total. The number of nitriles is 1. The number of ether oxygens (including phenoxy) is 1. The fourth-order valence-corrected chi connectivity index (χ4v) is 4.30. The van der Waals surface area contributed by atoms with E-state index in [9.17, 15) is 21.6 Å². The Labute approximate surface area is 172 Å². The molecule has 0 unspecified atom stereocenters. The molecule has 1 aromatic carbocycles. The summed E-state index contributed by atoms with van der Waals surface area (Å²) in [4.78, 5) is 4.09. The van der Waals surface area contributed by atoms with Gasteiger partial charge in [-0.05, 0) is 36.8 Å². The second-order valence-electron chi connectivity index (χ2n) is 7.36. The van der Waals surface area contributed by atoms with Crippen LogP contribution in [0.5, 0.6) is 5.75 Å². The maximum atomic E-state index is 14.5. The van der Waals surface area contributed by atoms with E-state index in [4.69, 9.17) is 10.00 Å². The van der Waals surface area contributed by atoms with E-state index >= 15 is 0 Å². The van der Waals surface area contributed by atoms with Crippen molar-refractivity contribution in [1.29, 1.82) is 5.26 Å². The van der Waals surface area contributed by atoms with Crippen molar-refractivity contribution in [3.63, 3.8) is 0 Å². The first-order valence-corrected chi connectivity index (χ1v) is 11.1. The number of hydrogen-bond acceptors (Lipinski definition) is 5. The molecule has 1 aromatic heterocycles. The number of halogens is 3. The van der Waals surface area contributed by atoms with Crippen LogP contribution in [0.4, 0.5) is 13.2 Å². The Kier molecular flexibility index (Phi) is 6.33. The molecule has 6 nitrogen and oxygen atoms in total. The van der Waals surface area contributed by atoms with Gasteiger partial charge in [0.2, 0.25) is 15.9 Å². The van der Waals surface area contributed by atoms with E-state index in [1.54, 1.807) is 18.2 Å². The van der Waals surface area contributed by atoms with E-state index < -0.39 is 46.6 Å². The fourth-order valence-electron chi connectivity index (χ4n) is 3.44. The molecule has 1 aliphatic carbocycles. The van der Waals surface area contributed by atoms with E-state index in [0.29, 0.717) is 16.8 Å². The van der Waals surface area contributed by atoms with Crippen molar-refractivity contribution in [1.82, 2.24) is 9.71 Å². The first-order chi connectivity index (χ1) is 14.1. The molecule has 0 radical (unpaired) electrons. The van der Waals surface area contributed by atoms with E-state index in [0.717, 1.165) is 6.26 Å². The Hall–Kier alpha value is -2.64. The van der Waals surface area contributed by atoms with Gasteiger partial charge in [-0.1, -0.05) is 0 Å². The van der Waals surface area contributed by atoms with Crippen LogP contribution in [0.1, 0.15) is 24.8 Å². The summed E-state index contributed by atoms with van der Waals surface area (Å²) in [5, 5.41) is 8.81. The standard InChI is InChI=1S/C20H20F3N3O3S/c1-30(27,28)26-18-6-7-20(22,23)9-15(18)12-29-19-5-3-14(8-16(19)21)17-4-2-13(10-24)11-25-17/h2-5,8,11,15,18,26H,6-7,9,12H2,1H3/t15-,18+/m1/s1. The first kappa shape index (κ1) is 22.1. The number of rotatable bonds is 6. The van der Waals surface area contributed by atoms with Gasteiger partial charge >= 0.3 is 0 Å². The SMILES string of the molecule is CS(=O)(=O)N[C@H]1CCC(F)(F)C[C@@H]1COc1ccc(-c2ccc(C#N)cn2)cc1F. The van der Waals surface area contributed by atoms with Gasteiger partial charge in [0.15, 0.2) is 11.6 Å². The third-order valence-electron chi connectivity index (χ3n) is 4.89. The van der Waals surface area contributed by atoms with Crippen LogP contribution in [0.3, 0.4) is 0 Å². The number of sulfonamides is 1. The van der Waals surface area contributed by atoms with Gasteiger partial charge in [-0.25, -0.2) is 26.3 Å². The van der Waals surface area contributed by atoms with Crippen LogP contribution in [-0.4, -0.2) is 38.2 Å². The smallest absolute Gasteiger partial charge is 0.248 e. The summed E-state index contributed by atoms with van der Waals surface area (Å²) in [5.41, 5.74) is 1.30. The van der Waals surface area contributed by atoms with Crippen LogP contribution in [0.25, 0.3) is 11.3 Å². The molecular formula is C20H20F3N3O3S. The van der Waals surface area contributed by atoms with Crippen molar-refractivity contribution in [2.45, 2.75) is 31.2 Å². The van der Waals surface area contributed by atoms with Crippen molar-refractivity contribution >= 4 is 10.0 Å². The van der Waals surface area contributed by atoms with Crippen LogP contribution in [-0.2, 0) is 10.0 Å². The van der Waals surface area contributed by atoms with Crippen molar-refractivity contribution in [2.24, 2.45) is 5.92 Å². The minimum Gasteiger partial charge on any atom is -0.490 e. The second kappa shape index (κ2) is 8.62. The lowest BCUT2D eigenvalue weighted by Gasteiger charge is -2.35. The molecule has 0 saturated heterocycles. The van der Waals surface area contributed by atoms with Crippen LogP contribution in [0.15, 0.2) is 36.5 Å². The number of aromatic nitrogens is 1. The normalized spacial score (nSPS) is 21.0. The highest BCUT2D eigenvalue weighted by Gasteiger charge is 2.42. The Morgan fingerprint density at radius 2 is 2.10 bits per heavy atom. The van der Waals surface area contributed by atoms with E-state index in [2.05, 4.69) is 9.71 Å². The van der Waals surface area contributed by atoms with Crippen LogP contribution < -0.4 is 9.46 Å². The highest BCUT2D eigenvalue weighted by Crippen LogP contribution is 2.37. The first-order valence-electron chi connectivity index (χ1n) is 9.20. The van der Waals surface area contributed by atoms with E-state index in [1.165, 1.54) is 18.3 Å². The molecule has 3 rings (SSSR count). The minimum absolute atomic E-state index is 0.0279. The molecule has 1 heterocycles. The van der Waals surface area contributed by atoms with Crippen LogP contribution >= 0.6 is 0 Å². The fraction of sp³-hybridized carbons (Fsp3) is 0.400. The highest BCUT2D eigenvalue weighted by atomic mass is 32.2. The molecule has 0 aliphatic heterocycles. The zero-order chi connectivity index (χ0) is 21.9. The zero-order valence-corrected chi connectivity index (χ0v) is 16.9. The van der Waals surface area contributed by atoms with Crippen LogP contribution in [0.2, 0.25) is 0 Å². The third-order valence-corrected chi connectivity index (χ3v) is 5.62. The monoisotopic (exact) mass is 439 g/mol. The summed E-state index contributed by atoms with van der Waals surface area (Å²) >= 11 is 0. The van der Waals surface area contributed by atoms with Gasteiger partial charge in [-0.15, -0.1) is 0 Å². The molecule has 1 aliphatic rings. The minimum atomic E-state index is -3.58. The average Bonchev–Trinajstić information content (AvgIpc) is 2.68. The second-order valence-corrected chi connectivity index (χ2v) is 9.14. The molecule has 0 amide bonds. The van der Waals surface area contributed by atoms with Crippen molar-refractivity contribution in [3.8, 4) is 23.1 Å². The maximum absolute atomic E-state index is 14.5. The number of alkyl halides is 2. The summed E-state index contributed by atoms with van der Waals surface area (Å²) in [7, 11) is -3.58. The largest absolute Gasteiger partial charge is 0.490 e. The predicted octanol–water partition coefficient (Wildman–Crippen LogP) is 3.49. The molecule has 1 fully saturated rings. The molecule has 2 atom stereocenters. The summed E-state index contributed by atoms with van der Waals surface area (Å²) in [5.74, 6) is -4.55. The molecule has 10 heteroatoms. The topological polar surface area (TPSA) is 92.1 Å². The molecule has 1 saturated carbocycles. The predicted molar refractivity (Wildman–Crippen MR) is 104 cm³/mol. The Morgan fingerprint density at radius 3 is 2.70 bits per heavy atom. The lowest BCUT2D eigenvalue weighted by atomic mass is 9.83. The molecule has 0 bridgehead atoms. The number of nitrogens with one attached hydrogen (secondary N) is 1. The van der Waals surface area contributed by atoms with Gasteiger partial charge in [-0.3, -0.25) is 4.98 Å². The Morgan fingerprint density at radius 1 is 1.33 bits per heavy atom. The zero-order valence-electron chi connectivity index (χ0n) is 16.1. The molecule has 0 spiro atoms. The van der Waals surface area contributed by atoms with Crippen LogP contribution in [0, 0.1) is 23.1 Å². The van der Waals surface area contributed by atoms with Crippen molar-refractivity contribution in [3.05, 3.63) is 47.9 Å². The number of nitrogens with zero attached hydrogens (tertiary/aromatic N) is 2. The third kappa shape index (κ3) is 5.70. The van der Waals surface area contributed by atoms with Crippen molar-refractivity contribution in [2.75, 3.05) is 12.9 Å². The summed E-state index contributed by atoms with van der Waals surface area (Å²) in [6, 6.07) is 8.51. The number of hydrogen-bond donors (Lipinski definition) is 1. The molecule has 30 heavy (non-hydrogen) atoms. The Bertz CT molecular complexity index is 1050. The molecular weight excluding hydrogens is 419 g/mol. The van der Waals surface area contributed by atoms with Gasteiger partial charge in [0, 0.05) is 36.6 Å². The summed E-state index contributed by atoms with van der Waals surface area (Å²) < 4.78 is 73.0. The highest BCUT2D eigenvalue weighted by molar-refractivity contribution is 7.88. The quantitative estimate of drug-likeness (QED) is 0.744. The lowest BCUT2D eigenvalue weighted by molar-refractivity contribution is -0.0662. The molecule has 2 aromatic rings. The van der Waals surface area contributed by atoms with E-state index in [1.807, 2.05) is 6.07 Å². The van der Waals surface area contributed by atoms with Crippen molar-refractivity contribution < 1.29 is 26.3 Å². The number of benzene rings is 1. The summed E-state index contributed by atoms with van der Waals surface area (Å²) in [6.45, 7) is -0.256. The van der Waals surface area contributed by atoms with Gasteiger partial charge in [-0.2, -0.15) is 5.26 Å². The van der Waals surface area contributed by atoms with Gasteiger partial charge < -0.3 is 4.74 Å². The van der Waals surface area contributed by atoms with Gasteiger partial charge in [0.05, 0.1) is 24.1 Å². The molecule has 160 valence electrons. The van der Waals surface area contributed by atoms with E-state index in [-0.39, 0.29) is 18.8 Å². The van der Waals surface area contributed by atoms with Gasteiger partial charge in [0.1, 0.15) is 6.07 Å². The Balaban J connectivity index is 1.72.